The third-order valence-electron chi connectivity index (χ3n) is 1.02. The number of methoxy groups -OCH3 is 1. The minimum atomic E-state index is -0.346. The summed E-state index contributed by atoms with van der Waals surface area (Å²) in [4.78, 5) is 21.3. The highest BCUT2D eigenvalue weighted by Gasteiger charge is 2.05. The largest absolute Gasteiger partial charge is 0.469 e. The monoisotopic (exact) mass is 192 g/mol. The van der Waals surface area contributed by atoms with Crippen LogP contribution in [0, 0.1) is 0 Å². The zero-order chi connectivity index (χ0) is 9.40. The molecule has 0 heterocycles. The average Bonchev–Trinajstić information content (AvgIpc) is 2.04. The molecule has 0 bridgehead atoms. The maximum atomic E-state index is 10.7. The molecule has 0 rings (SSSR count). The fourth-order valence-electron chi connectivity index (χ4n) is 0.479. The molecular weight excluding hydrogens is 180 g/mol. The van der Waals surface area contributed by atoms with Crippen LogP contribution in [0.25, 0.3) is 0 Å². The minimum Gasteiger partial charge on any atom is -0.469 e. The molecule has 0 aromatic heterocycles. The fraction of sp³-hybridized carbons (Fsp3) is 0.714. The van der Waals surface area contributed by atoms with Crippen molar-refractivity contribution in [1.82, 2.24) is 0 Å². The minimum absolute atomic E-state index is 0.236. The van der Waals surface area contributed by atoms with Gasteiger partial charge in [-0.2, -0.15) is 0 Å². The van der Waals surface area contributed by atoms with Gasteiger partial charge in [0.05, 0.1) is 20.1 Å². The third kappa shape index (κ3) is 6.03. The maximum Gasteiger partial charge on any atom is 0.367 e. The molecule has 0 aromatic rings. The van der Waals surface area contributed by atoms with Gasteiger partial charge in [0, 0.05) is 5.75 Å². The summed E-state index contributed by atoms with van der Waals surface area (Å²) in [5, 5.41) is -0.346. The van der Waals surface area contributed by atoms with E-state index in [4.69, 9.17) is 0 Å². The lowest BCUT2D eigenvalue weighted by atomic mass is 10.5. The predicted molar refractivity (Wildman–Crippen MR) is 46.1 cm³/mol. The molecule has 0 N–H and O–H groups in total. The van der Waals surface area contributed by atoms with Crippen molar-refractivity contribution in [3.8, 4) is 0 Å². The number of hydrogen-bond acceptors (Lipinski definition) is 5. The molecule has 0 aromatic carbocycles. The Morgan fingerprint density at radius 3 is 2.58 bits per heavy atom. The van der Waals surface area contributed by atoms with Gasteiger partial charge in [-0.1, -0.05) is 0 Å². The van der Waals surface area contributed by atoms with Gasteiger partial charge >= 0.3 is 11.3 Å². The van der Waals surface area contributed by atoms with Gasteiger partial charge in [0.25, 0.3) is 0 Å². The number of thioether (sulfide) groups is 1. The summed E-state index contributed by atoms with van der Waals surface area (Å²) in [5.74, 6) is 0.0951. The van der Waals surface area contributed by atoms with Crippen molar-refractivity contribution < 1.29 is 19.1 Å². The van der Waals surface area contributed by atoms with Crippen LogP contribution in [0.1, 0.15) is 13.3 Å². The van der Waals surface area contributed by atoms with Crippen molar-refractivity contribution in [3.63, 3.8) is 0 Å². The summed E-state index contributed by atoms with van der Waals surface area (Å²) >= 11 is 0.983. The Kier molecular flexibility index (Phi) is 6.55. The van der Waals surface area contributed by atoms with Crippen LogP contribution in [0.15, 0.2) is 0 Å². The molecule has 70 valence electrons. The number of carbonyl (C=O) groups is 2. The molecule has 0 aliphatic rings. The Morgan fingerprint density at radius 2 is 2.08 bits per heavy atom. The summed E-state index contributed by atoms with van der Waals surface area (Å²) in [7, 11) is 1.32. The van der Waals surface area contributed by atoms with E-state index in [-0.39, 0.29) is 17.7 Å². The van der Waals surface area contributed by atoms with Gasteiger partial charge in [-0.15, -0.1) is 0 Å². The second kappa shape index (κ2) is 6.97. The van der Waals surface area contributed by atoms with E-state index in [1.807, 2.05) is 0 Å². The molecule has 0 aliphatic heterocycles. The molecular formula is C7H12O4S. The molecule has 0 spiro atoms. The van der Waals surface area contributed by atoms with Crippen LogP contribution in [-0.4, -0.2) is 30.7 Å². The molecule has 0 aliphatic carbocycles. The van der Waals surface area contributed by atoms with Crippen LogP contribution in [0.2, 0.25) is 0 Å². The number of hydrogen-bond donors (Lipinski definition) is 0. The van der Waals surface area contributed by atoms with Crippen LogP contribution in [0.5, 0.6) is 0 Å². The Labute approximate surface area is 75.6 Å². The molecule has 0 saturated carbocycles. The van der Waals surface area contributed by atoms with Crippen molar-refractivity contribution in [2.24, 2.45) is 0 Å². The molecule has 4 nitrogen and oxygen atoms in total. The number of esters is 1. The van der Waals surface area contributed by atoms with Gasteiger partial charge in [-0.3, -0.25) is 4.79 Å². The number of rotatable bonds is 4. The summed E-state index contributed by atoms with van der Waals surface area (Å²) < 4.78 is 9.02. The zero-order valence-corrected chi connectivity index (χ0v) is 7.98. The average molecular weight is 192 g/mol. The Morgan fingerprint density at radius 1 is 1.42 bits per heavy atom. The SMILES string of the molecule is CCOC(=O)SCCC(=O)OC. The number of carbonyl (C=O) groups excluding carboxylic acids is 2. The van der Waals surface area contributed by atoms with Crippen molar-refractivity contribution in [1.29, 1.82) is 0 Å². The lowest BCUT2D eigenvalue weighted by Gasteiger charge is -1.99. The fourth-order valence-corrected chi connectivity index (χ4v) is 1.12. The highest BCUT2D eigenvalue weighted by molar-refractivity contribution is 8.13. The van der Waals surface area contributed by atoms with Gasteiger partial charge < -0.3 is 9.47 Å². The number of ether oxygens (including phenoxy) is 2. The topological polar surface area (TPSA) is 52.6 Å². The molecule has 0 atom stereocenters. The van der Waals surface area contributed by atoms with E-state index in [1.165, 1.54) is 7.11 Å². The molecule has 0 saturated heterocycles. The van der Waals surface area contributed by atoms with E-state index in [0.717, 1.165) is 11.8 Å². The van der Waals surface area contributed by atoms with E-state index in [0.29, 0.717) is 12.4 Å². The predicted octanol–water partition coefficient (Wildman–Crippen LogP) is 1.44. The van der Waals surface area contributed by atoms with E-state index in [1.54, 1.807) is 6.92 Å². The van der Waals surface area contributed by atoms with Crippen molar-refractivity contribution in [3.05, 3.63) is 0 Å². The van der Waals surface area contributed by atoms with Crippen LogP contribution in [-0.2, 0) is 14.3 Å². The van der Waals surface area contributed by atoms with Crippen molar-refractivity contribution in [2.45, 2.75) is 13.3 Å². The van der Waals surface area contributed by atoms with Crippen molar-refractivity contribution >= 4 is 23.0 Å². The first kappa shape index (κ1) is 11.3. The van der Waals surface area contributed by atoms with Crippen LogP contribution in [0.3, 0.4) is 0 Å². The first-order valence-corrected chi connectivity index (χ1v) is 4.55. The van der Waals surface area contributed by atoms with E-state index in [2.05, 4.69) is 9.47 Å². The first-order valence-electron chi connectivity index (χ1n) is 3.57. The van der Waals surface area contributed by atoms with Crippen LogP contribution in [0.4, 0.5) is 4.79 Å². The standard InChI is InChI=1S/C7H12O4S/c1-3-11-7(9)12-5-4-6(8)10-2/h3-5H2,1-2H3. The molecule has 0 amide bonds. The van der Waals surface area contributed by atoms with E-state index < -0.39 is 0 Å². The van der Waals surface area contributed by atoms with Crippen LogP contribution < -0.4 is 0 Å². The van der Waals surface area contributed by atoms with Gasteiger partial charge in [-0.25, -0.2) is 4.79 Å². The Bertz CT molecular complexity index is 157. The summed E-state index contributed by atoms with van der Waals surface area (Å²) in [6, 6.07) is 0. The second-order valence-electron chi connectivity index (χ2n) is 1.86. The first-order chi connectivity index (χ1) is 5.70. The molecule has 5 heteroatoms. The lowest BCUT2D eigenvalue weighted by Crippen LogP contribution is -2.04. The van der Waals surface area contributed by atoms with Gasteiger partial charge in [-0.05, 0) is 18.7 Å². The van der Waals surface area contributed by atoms with E-state index >= 15 is 0 Å². The van der Waals surface area contributed by atoms with E-state index in [9.17, 15) is 9.59 Å². The maximum absolute atomic E-state index is 10.7. The van der Waals surface area contributed by atoms with Gasteiger partial charge in [0.15, 0.2) is 0 Å². The molecule has 0 radical (unpaired) electrons. The molecule has 12 heavy (non-hydrogen) atoms. The van der Waals surface area contributed by atoms with Gasteiger partial charge in [0.1, 0.15) is 0 Å². The molecule has 0 unspecified atom stereocenters. The zero-order valence-electron chi connectivity index (χ0n) is 7.16. The van der Waals surface area contributed by atoms with Gasteiger partial charge in [0.2, 0.25) is 0 Å². The Hall–Kier alpha value is -0.710. The third-order valence-corrected chi connectivity index (χ3v) is 1.78. The highest BCUT2D eigenvalue weighted by atomic mass is 32.2. The summed E-state index contributed by atoms with van der Waals surface area (Å²) in [5.41, 5.74) is 0. The summed E-state index contributed by atoms with van der Waals surface area (Å²) in [6.45, 7) is 2.10. The highest BCUT2D eigenvalue weighted by Crippen LogP contribution is 2.06. The Balaban J connectivity index is 3.30. The smallest absolute Gasteiger partial charge is 0.367 e. The van der Waals surface area contributed by atoms with Crippen molar-refractivity contribution in [2.75, 3.05) is 19.5 Å². The lowest BCUT2D eigenvalue weighted by molar-refractivity contribution is -0.140. The normalized spacial score (nSPS) is 9.17. The second-order valence-corrected chi connectivity index (χ2v) is 2.89. The van der Waals surface area contributed by atoms with Crippen LogP contribution >= 0.6 is 11.8 Å². The summed E-state index contributed by atoms with van der Waals surface area (Å²) in [6.07, 6.45) is 0.236. The molecule has 0 fully saturated rings. The quantitative estimate of drug-likeness (QED) is 0.631.